The summed E-state index contributed by atoms with van der Waals surface area (Å²) in [4.78, 5) is 33.3. The molecule has 1 saturated heterocycles. The minimum atomic E-state index is -0.491. The van der Waals surface area contributed by atoms with Gasteiger partial charge in [0, 0.05) is 31.4 Å². The summed E-state index contributed by atoms with van der Waals surface area (Å²) in [7, 11) is 0. The highest BCUT2D eigenvalue weighted by Crippen LogP contribution is 2.19. The fraction of sp³-hybridized carbons (Fsp3) is 0.625. The van der Waals surface area contributed by atoms with Crippen LogP contribution >= 0.6 is 0 Å². The van der Waals surface area contributed by atoms with Crippen molar-refractivity contribution in [2.24, 2.45) is 5.92 Å². The molecule has 7 heteroatoms. The Morgan fingerprint density at radius 3 is 2.78 bits per heavy atom. The van der Waals surface area contributed by atoms with E-state index in [1.165, 1.54) is 18.6 Å². The molecule has 1 fully saturated rings. The van der Waals surface area contributed by atoms with Crippen molar-refractivity contribution in [3.8, 4) is 0 Å². The summed E-state index contributed by atoms with van der Waals surface area (Å²) in [6.45, 7) is 7.20. The Labute approximate surface area is 136 Å². The minimum Gasteiger partial charge on any atom is -0.444 e. The molecule has 0 saturated carbocycles. The zero-order valence-electron chi connectivity index (χ0n) is 13.8. The van der Waals surface area contributed by atoms with Crippen molar-refractivity contribution in [1.29, 1.82) is 0 Å². The third-order valence-electron chi connectivity index (χ3n) is 3.37. The first-order valence-electron chi connectivity index (χ1n) is 7.70. The quantitative estimate of drug-likeness (QED) is 0.771. The maximum absolute atomic E-state index is 12.0. The highest BCUT2D eigenvalue weighted by atomic mass is 16.6. The van der Waals surface area contributed by atoms with Crippen molar-refractivity contribution in [3.05, 3.63) is 24.3 Å². The number of rotatable bonds is 5. The first kappa shape index (κ1) is 17.3. The van der Waals surface area contributed by atoms with Crippen LogP contribution in [0.1, 0.15) is 37.7 Å². The number of ketones is 1. The number of ether oxygens (including phenoxy) is 2. The number of hydrogen-bond acceptors (Lipinski definition) is 6. The Hall–Kier alpha value is -2.02. The van der Waals surface area contributed by atoms with Gasteiger partial charge >= 0.3 is 6.09 Å². The molecule has 1 amide bonds. The Bertz CT molecular complexity index is 542. The topological polar surface area (TPSA) is 81.6 Å². The maximum Gasteiger partial charge on any atom is 0.410 e. The molecule has 0 N–H and O–H groups in total. The summed E-state index contributed by atoms with van der Waals surface area (Å²) >= 11 is 0. The molecule has 1 aliphatic rings. The second-order valence-electron chi connectivity index (χ2n) is 6.61. The average molecular weight is 321 g/mol. The van der Waals surface area contributed by atoms with Crippen LogP contribution < -0.4 is 0 Å². The number of likely N-dealkylation sites (tertiary alicyclic amines) is 1. The van der Waals surface area contributed by atoms with Gasteiger partial charge in [0.15, 0.2) is 0 Å². The van der Waals surface area contributed by atoms with Crippen LogP contribution in [0.2, 0.25) is 0 Å². The van der Waals surface area contributed by atoms with Crippen LogP contribution in [-0.2, 0) is 9.47 Å². The van der Waals surface area contributed by atoms with Gasteiger partial charge in [-0.1, -0.05) is 0 Å². The van der Waals surface area contributed by atoms with Crippen LogP contribution in [0.15, 0.2) is 18.6 Å². The third kappa shape index (κ3) is 5.59. The summed E-state index contributed by atoms with van der Waals surface area (Å²) < 4.78 is 10.8. The van der Waals surface area contributed by atoms with Crippen molar-refractivity contribution >= 4 is 11.9 Å². The summed E-state index contributed by atoms with van der Waals surface area (Å²) in [5, 5.41) is 0. The van der Waals surface area contributed by atoms with E-state index in [1.54, 1.807) is 4.90 Å². The zero-order chi connectivity index (χ0) is 16.9. The lowest BCUT2D eigenvalue weighted by Crippen LogP contribution is -2.35. The first-order chi connectivity index (χ1) is 10.8. The Balaban J connectivity index is 1.70. The van der Waals surface area contributed by atoms with Gasteiger partial charge in [0.25, 0.3) is 0 Å². The van der Waals surface area contributed by atoms with Gasteiger partial charge in [0.2, 0.25) is 5.78 Å². The minimum absolute atomic E-state index is 0.0262. The van der Waals surface area contributed by atoms with Gasteiger partial charge in [-0.15, -0.1) is 0 Å². The molecular formula is C16H23N3O4. The van der Waals surface area contributed by atoms with Crippen molar-refractivity contribution < 1.29 is 19.1 Å². The van der Waals surface area contributed by atoms with Crippen molar-refractivity contribution in [2.75, 3.05) is 26.3 Å². The molecule has 0 spiro atoms. The largest absolute Gasteiger partial charge is 0.444 e. The van der Waals surface area contributed by atoms with Gasteiger partial charge in [-0.25, -0.2) is 9.78 Å². The molecule has 23 heavy (non-hydrogen) atoms. The molecule has 0 radical (unpaired) electrons. The fourth-order valence-corrected chi connectivity index (χ4v) is 2.30. The third-order valence-corrected chi connectivity index (χ3v) is 3.37. The Morgan fingerprint density at radius 2 is 2.13 bits per heavy atom. The number of amides is 1. The van der Waals surface area contributed by atoms with E-state index in [1.807, 2.05) is 20.8 Å². The van der Waals surface area contributed by atoms with E-state index in [9.17, 15) is 9.59 Å². The molecule has 1 aromatic heterocycles. The van der Waals surface area contributed by atoms with Crippen molar-refractivity contribution in [3.63, 3.8) is 0 Å². The summed E-state index contributed by atoms with van der Waals surface area (Å²) in [6, 6.07) is 0. The second-order valence-corrected chi connectivity index (χ2v) is 6.61. The van der Waals surface area contributed by atoms with Crippen LogP contribution in [0.5, 0.6) is 0 Å². The maximum atomic E-state index is 12.0. The number of Topliss-reactive ketones (excluding diaryl/α,β-unsaturated/α-hetero) is 1. The molecule has 2 rings (SSSR count). The standard InChI is InChI=1S/C16H23N3O4/c1-16(2,3)23-15(21)19-7-4-12(9-19)10-22-11-14(20)13-8-17-5-6-18-13/h5-6,8,12H,4,7,9-11H2,1-3H3. The fourth-order valence-electron chi connectivity index (χ4n) is 2.30. The van der Waals surface area contributed by atoms with Gasteiger partial charge in [-0.3, -0.25) is 9.78 Å². The summed E-state index contributed by atoms with van der Waals surface area (Å²) in [5.41, 5.74) is -0.191. The Kier molecular flexibility index (Phi) is 5.65. The van der Waals surface area contributed by atoms with Gasteiger partial charge in [0.05, 0.1) is 12.8 Å². The van der Waals surface area contributed by atoms with E-state index in [-0.39, 0.29) is 24.4 Å². The lowest BCUT2D eigenvalue weighted by Gasteiger charge is -2.24. The average Bonchev–Trinajstić information content (AvgIpc) is 2.95. The zero-order valence-corrected chi connectivity index (χ0v) is 13.8. The van der Waals surface area contributed by atoms with Crippen LogP contribution in [0.4, 0.5) is 4.79 Å². The van der Waals surface area contributed by atoms with Crippen LogP contribution in [0.3, 0.4) is 0 Å². The predicted octanol–water partition coefficient (Wildman–Crippen LogP) is 1.93. The number of nitrogens with zero attached hydrogens (tertiary/aromatic N) is 3. The molecule has 126 valence electrons. The van der Waals surface area contributed by atoms with Crippen LogP contribution in [-0.4, -0.2) is 58.6 Å². The molecule has 7 nitrogen and oxygen atoms in total. The lowest BCUT2D eigenvalue weighted by atomic mass is 10.1. The first-order valence-corrected chi connectivity index (χ1v) is 7.70. The SMILES string of the molecule is CC(C)(C)OC(=O)N1CCC(COCC(=O)c2cnccn2)C1. The summed E-state index contributed by atoms with van der Waals surface area (Å²) in [6.07, 6.45) is 4.96. The number of carbonyl (C=O) groups excluding carboxylic acids is 2. The molecule has 1 aromatic rings. The van der Waals surface area contributed by atoms with Gasteiger partial charge in [0.1, 0.15) is 17.9 Å². The molecular weight excluding hydrogens is 298 g/mol. The smallest absolute Gasteiger partial charge is 0.410 e. The molecule has 1 aliphatic heterocycles. The van der Waals surface area contributed by atoms with E-state index in [0.29, 0.717) is 25.4 Å². The van der Waals surface area contributed by atoms with Gasteiger partial charge in [-0.2, -0.15) is 0 Å². The molecule has 0 aromatic carbocycles. The summed E-state index contributed by atoms with van der Waals surface area (Å²) in [5.74, 6) is 0.0253. The van der Waals surface area contributed by atoms with Crippen molar-refractivity contribution in [2.45, 2.75) is 32.8 Å². The van der Waals surface area contributed by atoms with E-state index in [2.05, 4.69) is 9.97 Å². The molecule has 0 bridgehead atoms. The molecule has 1 atom stereocenters. The van der Waals surface area contributed by atoms with E-state index in [0.717, 1.165) is 6.42 Å². The van der Waals surface area contributed by atoms with Crippen molar-refractivity contribution in [1.82, 2.24) is 14.9 Å². The highest BCUT2D eigenvalue weighted by molar-refractivity contribution is 5.94. The normalized spacial score (nSPS) is 18.0. The lowest BCUT2D eigenvalue weighted by molar-refractivity contribution is 0.0273. The van der Waals surface area contributed by atoms with Crippen LogP contribution in [0.25, 0.3) is 0 Å². The number of carbonyl (C=O) groups is 2. The van der Waals surface area contributed by atoms with Crippen LogP contribution in [0, 0.1) is 5.92 Å². The Morgan fingerprint density at radius 1 is 1.35 bits per heavy atom. The van der Waals surface area contributed by atoms with E-state index in [4.69, 9.17) is 9.47 Å². The second kappa shape index (κ2) is 7.50. The highest BCUT2D eigenvalue weighted by Gasteiger charge is 2.29. The van der Waals surface area contributed by atoms with E-state index < -0.39 is 5.60 Å². The molecule has 2 heterocycles. The van der Waals surface area contributed by atoms with E-state index >= 15 is 0 Å². The molecule has 1 unspecified atom stereocenters. The predicted molar refractivity (Wildman–Crippen MR) is 83.1 cm³/mol. The van der Waals surface area contributed by atoms with Gasteiger partial charge < -0.3 is 14.4 Å². The molecule has 0 aliphatic carbocycles. The monoisotopic (exact) mass is 321 g/mol. The number of aromatic nitrogens is 2. The van der Waals surface area contributed by atoms with Gasteiger partial charge in [-0.05, 0) is 27.2 Å². The number of hydrogen-bond donors (Lipinski definition) is 0.